The van der Waals surface area contributed by atoms with Crippen LogP contribution in [0.5, 0.6) is 0 Å². The molecular weight excluding hydrogens is 370 g/mol. The molecule has 0 aliphatic carbocycles. The van der Waals surface area contributed by atoms with E-state index in [9.17, 15) is 0 Å². The predicted octanol–water partition coefficient (Wildman–Crippen LogP) is 3.80. The Bertz CT molecular complexity index is 870. The topological polar surface area (TPSA) is 57.8 Å². The van der Waals surface area contributed by atoms with Crippen LogP contribution in [0.4, 0.5) is 0 Å². The minimum absolute atomic E-state index is 0.219. The SMILES string of the molecule is Cn1cc(-c2nnc(SCc3ccc(Cl)cc3)n2C[C@@H]2CCCO2)cn1. The zero-order valence-corrected chi connectivity index (χ0v) is 16.1. The van der Waals surface area contributed by atoms with Gasteiger partial charge in [0, 0.05) is 30.6 Å². The Hall–Kier alpha value is -1.83. The largest absolute Gasteiger partial charge is 0.376 e. The lowest BCUT2D eigenvalue weighted by Gasteiger charge is -2.14. The van der Waals surface area contributed by atoms with Gasteiger partial charge in [-0.3, -0.25) is 9.25 Å². The smallest absolute Gasteiger partial charge is 0.191 e. The van der Waals surface area contributed by atoms with E-state index in [-0.39, 0.29) is 6.10 Å². The standard InChI is InChI=1S/C18H20ClN5OS/c1-23-10-14(9-20-23)17-21-22-18(24(17)11-16-3-2-8-25-16)26-12-13-4-6-15(19)7-5-13/h4-7,9-10,16H,2-3,8,11-12H2,1H3/t16-/m0/s1. The first-order chi connectivity index (χ1) is 12.7. The van der Waals surface area contributed by atoms with Crippen molar-refractivity contribution in [2.75, 3.05) is 6.61 Å². The average Bonchev–Trinajstić information content (AvgIpc) is 3.37. The Morgan fingerprint density at radius 1 is 1.27 bits per heavy atom. The van der Waals surface area contributed by atoms with Crippen molar-refractivity contribution in [3.05, 3.63) is 47.2 Å². The van der Waals surface area contributed by atoms with Crippen molar-refractivity contribution in [3.63, 3.8) is 0 Å². The van der Waals surface area contributed by atoms with E-state index in [2.05, 4.69) is 19.9 Å². The van der Waals surface area contributed by atoms with Crippen LogP contribution >= 0.6 is 23.4 Å². The highest BCUT2D eigenvalue weighted by atomic mass is 35.5. The molecule has 0 bridgehead atoms. The number of thioether (sulfide) groups is 1. The summed E-state index contributed by atoms with van der Waals surface area (Å²) in [5, 5.41) is 14.8. The van der Waals surface area contributed by atoms with Crippen LogP contribution in [0.15, 0.2) is 41.8 Å². The number of benzene rings is 1. The molecule has 2 aromatic heterocycles. The molecule has 1 fully saturated rings. The molecule has 1 aliphatic rings. The quantitative estimate of drug-likeness (QED) is 0.600. The zero-order valence-electron chi connectivity index (χ0n) is 14.5. The van der Waals surface area contributed by atoms with Gasteiger partial charge in [-0.1, -0.05) is 35.5 Å². The number of hydrogen-bond acceptors (Lipinski definition) is 5. The summed E-state index contributed by atoms with van der Waals surface area (Å²) >= 11 is 7.64. The van der Waals surface area contributed by atoms with Crippen molar-refractivity contribution >= 4 is 23.4 Å². The van der Waals surface area contributed by atoms with Crippen LogP contribution in [0.3, 0.4) is 0 Å². The fourth-order valence-corrected chi connectivity index (χ4v) is 4.06. The van der Waals surface area contributed by atoms with Crippen LogP contribution < -0.4 is 0 Å². The Morgan fingerprint density at radius 2 is 2.12 bits per heavy atom. The summed E-state index contributed by atoms with van der Waals surface area (Å²) in [5.41, 5.74) is 2.17. The summed E-state index contributed by atoms with van der Waals surface area (Å²) in [6.07, 6.45) is 6.19. The van der Waals surface area contributed by atoms with Gasteiger partial charge in [-0.25, -0.2) is 0 Å². The minimum atomic E-state index is 0.219. The predicted molar refractivity (Wildman–Crippen MR) is 102 cm³/mol. The maximum Gasteiger partial charge on any atom is 0.191 e. The number of ether oxygens (including phenoxy) is 1. The average molecular weight is 390 g/mol. The second-order valence-electron chi connectivity index (χ2n) is 6.37. The summed E-state index contributed by atoms with van der Waals surface area (Å²) in [6, 6.07) is 7.90. The Balaban J connectivity index is 1.58. The molecule has 4 rings (SSSR count). The van der Waals surface area contributed by atoms with E-state index in [0.29, 0.717) is 0 Å². The molecule has 1 atom stereocenters. The third-order valence-corrected chi connectivity index (χ3v) is 5.66. The number of halogens is 1. The Kier molecular flexibility index (Phi) is 5.28. The first-order valence-corrected chi connectivity index (χ1v) is 9.96. The maximum absolute atomic E-state index is 5.97. The van der Waals surface area contributed by atoms with Gasteiger partial charge in [0.05, 0.1) is 24.4 Å². The highest BCUT2D eigenvalue weighted by Gasteiger charge is 2.22. The lowest BCUT2D eigenvalue weighted by molar-refractivity contribution is 0.0953. The molecule has 0 spiro atoms. The second kappa shape index (κ2) is 7.82. The van der Waals surface area contributed by atoms with E-state index < -0.39 is 0 Å². The van der Waals surface area contributed by atoms with E-state index in [1.54, 1.807) is 16.4 Å². The molecular formula is C18H20ClN5OS. The molecule has 26 heavy (non-hydrogen) atoms. The summed E-state index contributed by atoms with van der Waals surface area (Å²) < 4.78 is 9.77. The van der Waals surface area contributed by atoms with E-state index in [1.165, 1.54) is 5.56 Å². The Labute approximate surface area is 161 Å². The number of rotatable bonds is 6. The van der Waals surface area contributed by atoms with Gasteiger partial charge >= 0.3 is 0 Å². The monoisotopic (exact) mass is 389 g/mol. The molecule has 1 aliphatic heterocycles. The van der Waals surface area contributed by atoms with Gasteiger partial charge < -0.3 is 4.74 Å². The van der Waals surface area contributed by atoms with Crippen LogP contribution in [0.2, 0.25) is 5.02 Å². The van der Waals surface area contributed by atoms with Crippen molar-refractivity contribution in [3.8, 4) is 11.4 Å². The van der Waals surface area contributed by atoms with Gasteiger partial charge in [-0.05, 0) is 30.5 Å². The van der Waals surface area contributed by atoms with Crippen molar-refractivity contribution in [2.24, 2.45) is 7.05 Å². The summed E-state index contributed by atoms with van der Waals surface area (Å²) in [5.74, 6) is 1.65. The lowest BCUT2D eigenvalue weighted by atomic mass is 10.2. The van der Waals surface area contributed by atoms with Gasteiger partial charge in [-0.2, -0.15) is 5.10 Å². The molecule has 8 heteroatoms. The van der Waals surface area contributed by atoms with Crippen LogP contribution in [0, 0.1) is 0 Å². The molecule has 6 nitrogen and oxygen atoms in total. The van der Waals surface area contributed by atoms with E-state index in [4.69, 9.17) is 16.3 Å². The number of aryl methyl sites for hydroxylation is 1. The molecule has 3 aromatic rings. The van der Waals surface area contributed by atoms with E-state index in [1.807, 2.05) is 43.7 Å². The molecule has 1 saturated heterocycles. The minimum Gasteiger partial charge on any atom is -0.376 e. The highest BCUT2D eigenvalue weighted by Crippen LogP contribution is 2.28. The fraction of sp³-hybridized carbons (Fsp3) is 0.389. The maximum atomic E-state index is 5.97. The first kappa shape index (κ1) is 17.6. The van der Waals surface area contributed by atoms with Gasteiger partial charge in [0.25, 0.3) is 0 Å². The highest BCUT2D eigenvalue weighted by molar-refractivity contribution is 7.98. The molecule has 3 heterocycles. The van der Waals surface area contributed by atoms with E-state index >= 15 is 0 Å². The molecule has 0 radical (unpaired) electrons. The van der Waals surface area contributed by atoms with E-state index in [0.717, 1.165) is 53.3 Å². The lowest BCUT2D eigenvalue weighted by Crippen LogP contribution is -2.16. The second-order valence-corrected chi connectivity index (χ2v) is 7.75. The van der Waals surface area contributed by atoms with Gasteiger partial charge in [0.15, 0.2) is 11.0 Å². The van der Waals surface area contributed by atoms with Gasteiger partial charge in [-0.15, -0.1) is 10.2 Å². The van der Waals surface area contributed by atoms with Crippen LogP contribution in [0.25, 0.3) is 11.4 Å². The summed E-state index contributed by atoms with van der Waals surface area (Å²) in [7, 11) is 1.90. The molecule has 0 unspecified atom stereocenters. The van der Waals surface area contributed by atoms with Crippen molar-refractivity contribution in [1.82, 2.24) is 24.5 Å². The molecule has 0 saturated carbocycles. The summed E-state index contributed by atoms with van der Waals surface area (Å²) in [4.78, 5) is 0. The molecule has 1 aromatic carbocycles. The van der Waals surface area contributed by atoms with Gasteiger partial charge in [0.2, 0.25) is 0 Å². The zero-order chi connectivity index (χ0) is 17.9. The third kappa shape index (κ3) is 3.95. The molecule has 136 valence electrons. The van der Waals surface area contributed by atoms with Crippen LogP contribution in [-0.2, 0) is 24.1 Å². The third-order valence-electron chi connectivity index (χ3n) is 4.37. The number of aromatic nitrogens is 5. The number of nitrogens with zero attached hydrogens (tertiary/aromatic N) is 5. The molecule has 0 N–H and O–H groups in total. The fourth-order valence-electron chi connectivity index (χ4n) is 3.03. The van der Waals surface area contributed by atoms with Crippen LogP contribution in [0.1, 0.15) is 18.4 Å². The first-order valence-electron chi connectivity index (χ1n) is 8.60. The van der Waals surface area contributed by atoms with Crippen molar-refractivity contribution in [2.45, 2.75) is 36.4 Å². The van der Waals surface area contributed by atoms with Gasteiger partial charge in [0.1, 0.15) is 0 Å². The summed E-state index contributed by atoms with van der Waals surface area (Å²) in [6.45, 7) is 1.60. The number of hydrogen-bond donors (Lipinski definition) is 0. The van der Waals surface area contributed by atoms with Crippen molar-refractivity contribution < 1.29 is 4.74 Å². The normalized spacial score (nSPS) is 17.1. The van der Waals surface area contributed by atoms with Crippen molar-refractivity contribution in [1.29, 1.82) is 0 Å². The van der Waals surface area contributed by atoms with Crippen LogP contribution in [-0.4, -0.2) is 37.3 Å². The Morgan fingerprint density at radius 3 is 2.81 bits per heavy atom. The molecule has 0 amide bonds.